The predicted molar refractivity (Wildman–Crippen MR) is 64.7 cm³/mol. The Bertz CT molecular complexity index is 460. The molecule has 2 atom stereocenters. The van der Waals surface area contributed by atoms with Crippen LogP contribution in [0, 0.1) is 12.8 Å². The van der Waals surface area contributed by atoms with E-state index in [9.17, 15) is 18.3 Å². The minimum absolute atomic E-state index is 0.0806. The van der Waals surface area contributed by atoms with E-state index >= 15 is 0 Å². The van der Waals surface area contributed by atoms with Gasteiger partial charge in [0.1, 0.15) is 0 Å². The summed E-state index contributed by atoms with van der Waals surface area (Å²) in [5, 5.41) is 10.6. The number of alkyl halides is 3. The third kappa shape index (κ3) is 2.77. The van der Waals surface area contributed by atoms with Crippen LogP contribution in [0.2, 0.25) is 0 Å². The van der Waals surface area contributed by atoms with Crippen LogP contribution >= 0.6 is 0 Å². The molecule has 1 N–H and O–H groups in total. The van der Waals surface area contributed by atoms with Gasteiger partial charge in [0.25, 0.3) is 0 Å². The standard InChI is InChI=1S/C14H17F3O2/c1-9-7-10(14(15,16)17)3-4-12(9)13(2,18)11-5-6-19-8-11/h3-4,7,11,18H,5-6,8H2,1-2H3. The average Bonchev–Trinajstić information content (AvgIpc) is 2.81. The fourth-order valence-electron chi connectivity index (χ4n) is 2.61. The molecule has 1 saturated heterocycles. The van der Waals surface area contributed by atoms with Gasteiger partial charge in [0.15, 0.2) is 0 Å². The molecule has 0 bridgehead atoms. The van der Waals surface area contributed by atoms with Crippen LogP contribution in [-0.4, -0.2) is 18.3 Å². The van der Waals surface area contributed by atoms with Gasteiger partial charge in [-0.25, -0.2) is 0 Å². The second-order valence-corrected chi connectivity index (χ2v) is 5.24. The highest BCUT2D eigenvalue weighted by Gasteiger charge is 2.38. The number of ether oxygens (including phenoxy) is 1. The summed E-state index contributed by atoms with van der Waals surface area (Å²) < 4.78 is 43.1. The highest BCUT2D eigenvalue weighted by molar-refractivity contribution is 5.36. The second-order valence-electron chi connectivity index (χ2n) is 5.24. The SMILES string of the molecule is Cc1cc(C(F)(F)F)ccc1C(C)(O)C1CCOC1. The molecule has 0 saturated carbocycles. The molecule has 2 rings (SSSR count). The first kappa shape index (κ1) is 14.3. The van der Waals surface area contributed by atoms with Crippen LogP contribution in [0.1, 0.15) is 30.0 Å². The summed E-state index contributed by atoms with van der Waals surface area (Å²) in [6.07, 6.45) is -3.64. The van der Waals surface area contributed by atoms with Crippen molar-refractivity contribution >= 4 is 0 Å². The maximum Gasteiger partial charge on any atom is 0.416 e. The molecule has 1 aromatic rings. The Morgan fingerprint density at radius 2 is 2.00 bits per heavy atom. The van der Waals surface area contributed by atoms with Crippen LogP contribution in [0.15, 0.2) is 18.2 Å². The van der Waals surface area contributed by atoms with Crippen molar-refractivity contribution < 1.29 is 23.0 Å². The Morgan fingerprint density at radius 3 is 2.47 bits per heavy atom. The fraction of sp³-hybridized carbons (Fsp3) is 0.571. The Labute approximate surface area is 110 Å². The predicted octanol–water partition coefficient (Wildman–Crippen LogP) is 3.26. The number of halogens is 3. The quantitative estimate of drug-likeness (QED) is 0.897. The summed E-state index contributed by atoms with van der Waals surface area (Å²) in [6, 6.07) is 3.47. The molecule has 19 heavy (non-hydrogen) atoms. The van der Waals surface area contributed by atoms with Gasteiger partial charge in [-0.2, -0.15) is 13.2 Å². The number of hydrogen-bond donors (Lipinski definition) is 1. The third-order valence-corrected chi connectivity index (χ3v) is 3.82. The molecule has 0 aromatic heterocycles. The van der Waals surface area contributed by atoms with E-state index in [1.807, 2.05) is 0 Å². The summed E-state index contributed by atoms with van der Waals surface area (Å²) >= 11 is 0. The number of aryl methyl sites for hydroxylation is 1. The third-order valence-electron chi connectivity index (χ3n) is 3.82. The van der Waals surface area contributed by atoms with Crippen LogP contribution in [0.25, 0.3) is 0 Å². The van der Waals surface area contributed by atoms with Crippen molar-refractivity contribution in [3.63, 3.8) is 0 Å². The lowest BCUT2D eigenvalue weighted by atomic mass is 9.80. The minimum Gasteiger partial charge on any atom is -0.385 e. The van der Waals surface area contributed by atoms with E-state index < -0.39 is 17.3 Å². The van der Waals surface area contributed by atoms with Crippen molar-refractivity contribution in [1.82, 2.24) is 0 Å². The van der Waals surface area contributed by atoms with Crippen LogP contribution in [0.5, 0.6) is 0 Å². The number of hydrogen-bond acceptors (Lipinski definition) is 2. The van der Waals surface area contributed by atoms with Gasteiger partial charge in [-0.3, -0.25) is 0 Å². The zero-order chi connectivity index (χ0) is 14.3. The summed E-state index contributed by atoms with van der Waals surface area (Å²) in [6.45, 7) is 4.25. The summed E-state index contributed by atoms with van der Waals surface area (Å²) in [5.41, 5.74) is -0.861. The van der Waals surface area contributed by atoms with E-state index in [0.29, 0.717) is 30.8 Å². The summed E-state index contributed by atoms with van der Waals surface area (Å²) in [5.74, 6) is -0.0806. The molecule has 1 fully saturated rings. The molecule has 2 unspecified atom stereocenters. The molecule has 0 spiro atoms. The van der Waals surface area contributed by atoms with Crippen LogP contribution in [0.4, 0.5) is 13.2 Å². The maximum atomic E-state index is 12.6. The molecule has 5 heteroatoms. The Hall–Kier alpha value is -1.07. The molecule has 0 amide bonds. The van der Waals surface area contributed by atoms with E-state index in [1.165, 1.54) is 6.07 Å². The zero-order valence-electron chi connectivity index (χ0n) is 10.9. The van der Waals surface area contributed by atoms with Crippen molar-refractivity contribution in [2.24, 2.45) is 5.92 Å². The second kappa shape index (κ2) is 4.80. The Kier molecular flexibility index (Phi) is 3.62. The topological polar surface area (TPSA) is 29.5 Å². The Balaban J connectivity index is 2.35. The van der Waals surface area contributed by atoms with E-state index in [0.717, 1.165) is 12.1 Å². The molecule has 1 heterocycles. The van der Waals surface area contributed by atoms with Gasteiger partial charge in [0, 0.05) is 12.5 Å². The van der Waals surface area contributed by atoms with Gasteiger partial charge in [0.2, 0.25) is 0 Å². The lowest BCUT2D eigenvalue weighted by molar-refractivity contribution is -0.137. The molecule has 0 radical (unpaired) electrons. The molecule has 0 aliphatic carbocycles. The van der Waals surface area contributed by atoms with Gasteiger partial charge in [-0.05, 0) is 43.5 Å². The van der Waals surface area contributed by atoms with Gasteiger partial charge in [-0.1, -0.05) is 6.07 Å². The molecular formula is C14H17F3O2. The largest absolute Gasteiger partial charge is 0.416 e. The lowest BCUT2D eigenvalue weighted by Crippen LogP contribution is -2.33. The number of benzene rings is 1. The van der Waals surface area contributed by atoms with E-state index in [4.69, 9.17) is 4.74 Å². The zero-order valence-corrected chi connectivity index (χ0v) is 10.9. The van der Waals surface area contributed by atoms with Crippen molar-refractivity contribution in [3.05, 3.63) is 34.9 Å². The van der Waals surface area contributed by atoms with Gasteiger partial charge in [-0.15, -0.1) is 0 Å². The van der Waals surface area contributed by atoms with Crippen molar-refractivity contribution in [1.29, 1.82) is 0 Å². The van der Waals surface area contributed by atoms with E-state index in [2.05, 4.69) is 0 Å². The van der Waals surface area contributed by atoms with Crippen molar-refractivity contribution in [3.8, 4) is 0 Å². The smallest absolute Gasteiger partial charge is 0.385 e. The first-order chi connectivity index (χ1) is 8.73. The minimum atomic E-state index is -4.36. The highest BCUT2D eigenvalue weighted by Crippen LogP contribution is 2.38. The molecule has 1 aromatic carbocycles. The maximum absolute atomic E-state index is 12.6. The fourth-order valence-corrected chi connectivity index (χ4v) is 2.61. The molecule has 1 aliphatic rings. The normalized spacial score (nSPS) is 23.4. The van der Waals surface area contributed by atoms with Crippen LogP contribution in [-0.2, 0) is 16.5 Å². The van der Waals surface area contributed by atoms with Crippen molar-refractivity contribution in [2.75, 3.05) is 13.2 Å². The number of rotatable bonds is 2. The van der Waals surface area contributed by atoms with Gasteiger partial charge < -0.3 is 9.84 Å². The average molecular weight is 274 g/mol. The van der Waals surface area contributed by atoms with E-state index in [-0.39, 0.29) is 5.92 Å². The monoisotopic (exact) mass is 274 g/mol. The van der Waals surface area contributed by atoms with Gasteiger partial charge >= 0.3 is 6.18 Å². The summed E-state index contributed by atoms with van der Waals surface area (Å²) in [7, 11) is 0. The number of aliphatic hydroxyl groups is 1. The van der Waals surface area contributed by atoms with Crippen LogP contribution < -0.4 is 0 Å². The molecule has 1 aliphatic heterocycles. The first-order valence-electron chi connectivity index (χ1n) is 6.21. The highest BCUT2D eigenvalue weighted by atomic mass is 19.4. The summed E-state index contributed by atoms with van der Waals surface area (Å²) in [4.78, 5) is 0. The van der Waals surface area contributed by atoms with Gasteiger partial charge in [0.05, 0.1) is 17.8 Å². The van der Waals surface area contributed by atoms with Crippen LogP contribution in [0.3, 0.4) is 0 Å². The van der Waals surface area contributed by atoms with E-state index in [1.54, 1.807) is 13.8 Å². The molecular weight excluding hydrogens is 257 g/mol. The van der Waals surface area contributed by atoms with Crippen molar-refractivity contribution in [2.45, 2.75) is 32.0 Å². The Morgan fingerprint density at radius 1 is 1.32 bits per heavy atom. The lowest BCUT2D eigenvalue weighted by Gasteiger charge is -2.31. The first-order valence-corrected chi connectivity index (χ1v) is 6.21. The molecule has 2 nitrogen and oxygen atoms in total. The molecule has 106 valence electrons.